The van der Waals surface area contributed by atoms with Gasteiger partial charge < -0.3 is 10.1 Å². The van der Waals surface area contributed by atoms with Crippen LogP contribution in [0.2, 0.25) is 0 Å². The summed E-state index contributed by atoms with van der Waals surface area (Å²) >= 11 is 0. The van der Waals surface area contributed by atoms with E-state index in [4.69, 9.17) is 4.74 Å². The molecule has 3 aromatic rings. The number of ether oxygens (including phenoxy) is 1. The van der Waals surface area contributed by atoms with Gasteiger partial charge in [0.1, 0.15) is 5.75 Å². The monoisotopic (exact) mass is 439 g/mol. The van der Waals surface area contributed by atoms with E-state index in [2.05, 4.69) is 10.3 Å². The Bertz CT molecular complexity index is 1100. The first-order chi connectivity index (χ1) is 14.9. The molecule has 1 aromatic heterocycles. The molecule has 0 unspecified atom stereocenters. The molecule has 0 aliphatic rings. The predicted octanol–water partition coefficient (Wildman–Crippen LogP) is 3.38. The molecule has 162 valence electrons. The van der Waals surface area contributed by atoms with Gasteiger partial charge in [0.05, 0.1) is 25.1 Å². The average molecular weight is 440 g/mol. The Kier molecular flexibility index (Phi) is 7.25. The van der Waals surface area contributed by atoms with Gasteiger partial charge >= 0.3 is 0 Å². The van der Waals surface area contributed by atoms with Gasteiger partial charge in [0, 0.05) is 24.5 Å². The maximum absolute atomic E-state index is 12.4. The lowest BCUT2D eigenvalue weighted by Crippen LogP contribution is -2.29. The normalized spacial score (nSPS) is 11.0. The highest BCUT2D eigenvalue weighted by Crippen LogP contribution is 2.24. The number of amides is 1. The van der Waals surface area contributed by atoms with Crippen molar-refractivity contribution in [3.8, 4) is 5.75 Å². The minimum atomic E-state index is -3.50. The molecule has 1 amide bonds. The van der Waals surface area contributed by atoms with Crippen LogP contribution in [0.4, 0.5) is 5.69 Å². The number of nitrogens with zero attached hydrogens (tertiary/aromatic N) is 2. The van der Waals surface area contributed by atoms with Crippen molar-refractivity contribution >= 4 is 21.6 Å². The molecule has 1 N–H and O–H groups in total. The number of rotatable bonds is 9. The lowest BCUT2D eigenvalue weighted by Gasteiger charge is -2.23. The molecule has 3 rings (SSSR count). The lowest BCUT2D eigenvalue weighted by atomic mass is 10.1. The van der Waals surface area contributed by atoms with Crippen LogP contribution in [-0.4, -0.2) is 32.2 Å². The van der Waals surface area contributed by atoms with E-state index in [0.717, 1.165) is 11.1 Å². The number of benzene rings is 2. The van der Waals surface area contributed by atoms with E-state index in [1.165, 1.54) is 10.6 Å². The van der Waals surface area contributed by atoms with E-state index in [0.29, 0.717) is 30.2 Å². The quantitative estimate of drug-likeness (QED) is 0.552. The second-order valence-electron chi connectivity index (χ2n) is 6.93. The molecule has 1 heterocycles. The second kappa shape index (κ2) is 10.1. The van der Waals surface area contributed by atoms with Crippen LogP contribution in [-0.2, 0) is 23.1 Å². The summed E-state index contributed by atoms with van der Waals surface area (Å²) in [4.78, 5) is 16.3. The van der Waals surface area contributed by atoms with Crippen LogP contribution in [0.1, 0.15) is 28.4 Å². The molecular formula is C23H25N3O4S. The van der Waals surface area contributed by atoms with Gasteiger partial charge in [-0.3, -0.25) is 14.1 Å². The van der Waals surface area contributed by atoms with Crippen molar-refractivity contribution in [2.24, 2.45) is 0 Å². The Morgan fingerprint density at radius 3 is 2.19 bits per heavy atom. The number of pyridine rings is 1. The van der Waals surface area contributed by atoms with Crippen LogP contribution in [0, 0.1) is 0 Å². The van der Waals surface area contributed by atoms with Gasteiger partial charge in [-0.2, -0.15) is 0 Å². The maximum atomic E-state index is 12.4. The van der Waals surface area contributed by atoms with Crippen molar-refractivity contribution in [2.45, 2.75) is 20.0 Å². The summed E-state index contributed by atoms with van der Waals surface area (Å²) in [7, 11) is -3.50. The summed E-state index contributed by atoms with van der Waals surface area (Å²) in [6, 6.07) is 17.5. The maximum Gasteiger partial charge on any atom is 0.251 e. The standard InChI is InChI=1S/C23H25N3O4S/c1-3-30-22-10-8-21(9-11-22)26(31(2,28)29)17-19-4-6-20(7-5-19)23(27)25-16-18-12-14-24-15-13-18/h4-15H,3,16-17H2,1-2H3,(H,25,27). The van der Waals surface area contributed by atoms with Crippen LogP contribution in [0.5, 0.6) is 5.75 Å². The van der Waals surface area contributed by atoms with Crippen molar-refractivity contribution < 1.29 is 17.9 Å². The zero-order chi connectivity index (χ0) is 22.3. The molecule has 31 heavy (non-hydrogen) atoms. The van der Waals surface area contributed by atoms with E-state index < -0.39 is 10.0 Å². The number of hydrogen-bond acceptors (Lipinski definition) is 5. The van der Waals surface area contributed by atoms with Gasteiger partial charge in [-0.25, -0.2) is 8.42 Å². The molecule has 0 aliphatic heterocycles. The van der Waals surface area contributed by atoms with E-state index in [1.54, 1.807) is 60.9 Å². The third kappa shape index (κ3) is 6.29. The second-order valence-corrected chi connectivity index (χ2v) is 8.84. The Balaban J connectivity index is 1.69. The fourth-order valence-corrected chi connectivity index (χ4v) is 3.88. The molecule has 0 radical (unpaired) electrons. The fraction of sp³-hybridized carbons (Fsp3) is 0.217. The SMILES string of the molecule is CCOc1ccc(N(Cc2ccc(C(=O)NCc3ccncc3)cc2)S(C)(=O)=O)cc1. The van der Waals surface area contributed by atoms with E-state index >= 15 is 0 Å². The van der Waals surface area contributed by atoms with Crippen LogP contribution in [0.3, 0.4) is 0 Å². The van der Waals surface area contributed by atoms with Gasteiger partial charge in [-0.1, -0.05) is 12.1 Å². The van der Waals surface area contributed by atoms with E-state index in [1.807, 2.05) is 19.1 Å². The Hall–Kier alpha value is -3.39. The summed E-state index contributed by atoms with van der Waals surface area (Å²) in [6.45, 7) is 2.99. The highest BCUT2D eigenvalue weighted by atomic mass is 32.2. The number of aromatic nitrogens is 1. The Morgan fingerprint density at radius 1 is 0.968 bits per heavy atom. The Labute approximate surface area is 182 Å². The number of carbonyl (C=O) groups is 1. The summed E-state index contributed by atoms with van der Waals surface area (Å²) in [5, 5.41) is 2.86. The molecule has 0 saturated heterocycles. The average Bonchev–Trinajstić information content (AvgIpc) is 2.77. The van der Waals surface area contributed by atoms with Crippen molar-refractivity contribution in [1.82, 2.24) is 10.3 Å². The van der Waals surface area contributed by atoms with Gasteiger partial charge in [0.2, 0.25) is 10.0 Å². The molecule has 0 atom stereocenters. The van der Waals surface area contributed by atoms with Gasteiger partial charge in [-0.05, 0) is 66.6 Å². The van der Waals surface area contributed by atoms with Crippen LogP contribution >= 0.6 is 0 Å². The number of hydrogen-bond donors (Lipinski definition) is 1. The molecule has 0 bridgehead atoms. The molecule has 0 saturated carbocycles. The fourth-order valence-electron chi connectivity index (χ4n) is 2.99. The minimum absolute atomic E-state index is 0.158. The molecule has 8 heteroatoms. The topological polar surface area (TPSA) is 88.6 Å². The first kappa shape index (κ1) is 22.3. The van der Waals surface area contributed by atoms with E-state index in [9.17, 15) is 13.2 Å². The summed E-state index contributed by atoms with van der Waals surface area (Å²) in [5.74, 6) is 0.483. The smallest absolute Gasteiger partial charge is 0.251 e. The highest BCUT2D eigenvalue weighted by Gasteiger charge is 2.18. The highest BCUT2D eigenvalue weighted by molar-refractivity contribution is 7.92. The summed E-state index contributed by atoms with van der Waals surface area (Å²) in [6.07, 6.45) is 4.52. The predicted molar refractivity (Wildman–Crippen MR) is 120 cm³/mol. The first-order valence-electron chi connectivity index (χ1n) is 9.83. The zero-order valence-electron chi connectivity index (χ0n) is 17.5. The van der Waals surface area contributed by atoms with Crippen molar-refractivity contribution in [3.63, 3.8) is 0 Å². The Morgan fingerprint density at radius 2 is 1.61 bits per heavy atom. The number of nitrogens with one attached hydrogen (secondary N) is 1. The molecule has 2 aromatic carbocycles. The third-order valence-corrected chi connectivity index (χ3v) is 5.72. The molecular weight excluding hydrogens is 414 g/mol. The lowest BCUT2D eigenvalue weighted by molar-refractivity contribution is 0.0951. The zero-order valence-corrected chi connectivity index (χ0v) is 18.3. The molecule has 7 nitrogen and oxygen atoms in total. The first-order valence-corrected chi connectivity index (χ1v) is 11.7. The summed E-state index contributed by atoms with van der Waals surface area (Å²) in [5.41, 5.74) is 2.78. The molecule has 0 fully saturated rings. The number of anilines is 1. The minimum Gasteiger partial charge on any atom is -0.494 e. The van der Waals surface area contributed by atoms with Crippen molar-refractivity contribution in [3.05, 3.63) is 89.7 Å². The molecule has 0 spiro atoms. The van der Waals surface area contributed by atoms with Gasteiger partial charge in [0.25, 0.3) is 5.91 Å². The number of sulfonamides is 1. The number of carbonyl (C=O) groups excluding carboxylic acids is 1. The van der Waals surface area contributed by atoms with Gasteiger partial charge in [0.15, 0.2) is 0 Å². The van der Waals surface area contributed by atoms with Crippen LogP contribution < -0.4 is 14.4 Å². The van der Waals surface area contributed by atoms with Crippen molar-refractivity contribution in [2.75, 3.05) is 17.2 Å². The van der Waals surface area contributed by atoms with Gasteiger partial charge in [-0.15, -0.1) is 0 Å². The summed E-state index contributed by atoms with van der Waals surface area (Å²) < 4.78 is 31.5. The van der Waals surface area contributed by atoms with Crippen molar-refractivity contribution in [1.29, 1.82) is 0 Å². The van der Waals surface area contributed by atoms with Crippen LogP contribution in [0.25, 0.3) is 0 Å². The van der Waals surface area contributed by atoms with E-state index in [-0.39, 0.29) is 12.5 Å². The largest absolute Gasteiger partial charge is 0.494 e. The van der Waals surface area contributed by atoms with Crippen LogP contribution in [0.15, 0.2) is 73.1 Å². The molecule has 0 aliphatic carbocycles. The third-order valence-electron chi connectivity index (χ3n) is 4.58.